The van der Waals surface area contributed by atoms with Crippen LogP contribution in [0.2, 0.25) is 0 Å². The van der Waals surface area contributed by atoms with E-state index in [-0.39, 0.29) is 12.1 Å². The molecule has 1 aliphatic heterocycles. The Balaban J connectivity index is 1.38. The second-order valence-corrected chi connectivity index (χ2v) is 6.94. The molecule has 0 bridgehead atoms. The Morgan fingerprint density at radius 3 is 2.50 bits per heavy atom. The van der Waals surface area contributed by atoms with Crippen LogP contribution in [-0.2, 0) is 12.8 Å². The first-order chi connectivity index (χ1) is 12.7. The highest BCUT2D eigenvalue weighted by molar-refractivity contribution is 5.74. The molecule has 1 aromatic heterocycles. The van der Waals surface area contributed by atoms with Gasteiger partial charge >= 0.3 is 6.03 Å². The van der Waals surface area contributed by atoms with Crippen LogP contribution in [0.25, 0.3) is 0 Å². The highest BCUT2D eigenvalue weighted by Crippen LogP contribution is 2.07. The van der Waals surface area contributed by atoms with Gasteiger partial charge in [-0.3, -0.25) is 9.88 Å². The highest BCUT2D eigenvalue weighted by Gasteiger charge is 2.21. The van der Waals surface area contributed by atoms with Crippen molar-refractivity contribution in [3.8, 4) is 0 Å². The van der Waals surface area contributed by atoms with Gasteiger partial charge in [0.05, 0.1) is 0 Å². The molecule has 1 atom stereocenters. The van der Waals surface area contributed by atoms with E-state index >= 15 is 0 Å². The van der Waals surface area contributed by atoms with Crippen molar-refractivity contribution in [2.75, 3.05) is 32.7 Å². The quantitative estimate of drug-likeness (QED) is 0.869. The number of benzene rings is 1. The van der Waals surface area contributed by atoms with Crippen molar-refractivity contribution in [3.05, 3.63) is 66.0 Å². The zero-order valence-corrected chi connectivity index (χ0v) is 15.5. The summed E-state index contributed by atoms with van der Waals surface area (Å²) in [6.45, 7) is 6.54. The SMILES string of the molecule is CC(Cc1ccccn1)NC(=O)N1CCN(CCc2ccccc2)CC1. The Morgan fingerprint density at radius 1 is 1.08 bits per heavy atom. The van der Waals surface area contributed by atoms with Gasteiger partial charge in [0.25, 0.3) is 0 Å². The Kier molecular flexibility index (Phi) is 6.61. The van der Waals surface area contributed by atoms with Crippen LogP contribution in [0.3, 0.4) is 0 Å². The van der Waals surface area contributed by atoms with Crippen LogP contribution in [0.1, 0.15) is 18.2 Å². The fourth-order valence-corrected chi connectivity index (χ4v) is 3.29. The number of hydrogen-bond donors (Lipinski definition) is 1. The van der Waals surface area contributed by atoms with Crippen LogP contribution in [0.4, 0.5) is 4.79 Å². The van der Waals surface area contributed by atoms with Gasteiger partial charge in [-0.05, 0) is 31.0 Å². The first-order valence-electron chi connectivity index (χ1n) is 9.42. The normalized spacial score (nSPS) is 16.3. The van der Waals surface area contributed by atoms with Crippen molar-refractivity contribution < 1.29 is 4.79 Å². The van der Waals surface area contributed by atoms with E-state index in [1.807, 2.05) is 30.0 Å². The lowest BCUT2D eigenvalue weighted by Crippen LogP contribution is -2.53. The second kappa shape index (κ2) is 9.34. The molecule has 0 aliphatic carbocycles. The van der Waals surface area contributed by atoms with Crippen molar-refractivity contribution >= 4 is 6.03 Å². The maximum Gasteiger partial charge on any atom is 0.317 e. The van der Waals surface area contributed by atoms with Crippen molar-refractivity contribution in [1.29, 1.82) is 0 Å². The van der Waals surface area contributed by atoms with Crippen LogP contribution >= 0.6 is 0 Å². The van der Waals surface area contributed by atoms with Crippen LogP contribution in [0, 0.1) is 0 Å². The van der Waals surface area contributed by atoms with Crippen molar-refractivity contribution in [3.63, 3.8) is 0 Å². The summed E-state index contributed by atoms with van der Waals surface area (Å²) in [4.78, 5) is 21.1. The third-order valence-corrected chi connectivity index (χ3v) is 4.83. The molecule has 5 heteroatoms. The Bertz CT molecular complexity index is 669. The van der Waals surface area contributed by atoms with Crippen LogP contribution in [-0.4, -0.2) is 59.6 Å². The molecule has 1 N–H and O–H groups in total. The molecule has 1 fully saturated rings. The van der Waals surface area contributed by atoms with E-state index in [4.69, 9.17) is 0 Å². The van der Waals surface area contributed by atoms with E-state index in [0.29, 0.717) is 0 Å². The largest absolute Gasteiger partial charge is 0.335 e. The summed E-state index contributed by atoms with van der Waals surface area (Å²) in [5.74, 6) is 0. The number of aromatic nitrogens is 1. The fraction of sp³-hybridized carbons (Fsp3) is 0.429. The standard InChI is InChI=1S/C21H28N4O/c1-18(17-20-9-5-6-11-22-20)23-21(26)25-15-13-24(14-16-25)12-10-19-7-3-2-4-8-19/h2-9,11,18H,10,12-17H2,1H3,(H,23,26). The number of hydrogen-bond acceptors (Lipinski definition) is 3. The summed E-state index contributed by atoms with van der Waals surface area (Å²) in [5, 5.41) is 3.10. The predicted molar refractivity (Wildman–Crippen MR) is 104 cm³/mol. The highest BCUT2D eigenvalue weighted by atomic mass is 16.2. The monoisotopic (exact) mass is 352 g/mol. The predicted octanol–water partition coefficient (Wildman–Crippen LogP) is 2.58. The average Bonchev–Trinajstić information content (AvgIpc) is 2.68. The summed E-state index contributed by atoms with van der Waals surface area (Å²) in [6.07, 6.45) is 3.61. The maximum absolute atomic E-state index is 12.5. The molecule has 2 aromatic rings. The summed E-state index contributed by atoms with van der Waals surface area (Å²) in [7, 11) is 0. The van der Waals surface area contributed by atoms with Crippen LogP contribution in [0.5, 0.6) is 0 Å². The summed E-state index contributed by atoms with van der Waals surface area (Å²) < 4.78 is 0. The lowest BCUT2D eigenvalue weighted by molar-refractivity contribution is 0.138. The van der Waals surface area contributed by atoms with Crippen molar-refractivity contribution in [1.82, 2.24) is 20.1 Å². The first-order valence-corrected chi connectivity index (χ1v) is 9.42. The minimum atomic E-state index is 0.0381. The number of urea groups is 1. The van der Waals surface area contributed by atoms with Gasteiger partial charge in [0.15, 0.2) is 0 Å². The Hall–Kier alpha value is -2.40. The molecule has 2 heterocycles. The molecule has 138 valence electrons. The summed E-state index contributed by atoms with van der Waals surface area (Å²) in [5.41, 5.74) is 2.38. The molecule has 2 amide bonds. The Labute approximate surface area is 156 Å². The number of rotatable bonds is 6. The lowest BCUT2D eigenvalue weighted by Gasteiger charge is -2.35. The average molecular weight is 352 g/mol. The third-order valence-electron chi connectivity index (χ3n) is 4.83. The molecule has 3 rings (SSSR count). The lowest BCUT2D eigenvalue weighted by atomic mass is 10.1. The van der Waals surface area contributed by atoms with Gasteiger partial charge in [-0.25, -0.2) is 4.79 Å². The van der Waals surface area contributed by atoms with Gasteiger partial charge < -0.3 is 10.2 Å². The molecule has 0 radical (unpaired) electrons. The van der Waals surface area contributed by atoms with E-state index in [0.717, 1.165) is 51.3 Å². The number of pyridine rings is 1. The van der Waals surface area contributed by atoms with Gasteiger partial charge in [0.1, 0.15) is 0 Å². The smallest absolute Gasteiger partial charge is 0.317 e. The number of piperazine rings is 1. The molecule has 1 saturated heterocycles. The van der Waals surface area contributed by atoms with Gasteiger partial charge in [-0.2, -0.15) is 0 Å². The topological polar surface area (TPSA) is 48.5 Å². The third kappa shape index (κ3) is 5.56. The summed E-state index contributed by atoms with van der Waals surface area (Å²) >= 11 is 0. The van der Waals surface area contributed by atoms with Crippen molar-refractivity contribution in [2.45, 2.75) is 25.8 Å². The van der Waals surface area contributed by atoms with Crippen LogP contribution < -0.4 is 5.32 Å². The zero-order chi connectivity index (χ0) is 18.2. The van der Waals surface area contributed by atoms with E-state index < -0.39 is 0 Å². The minimum absolute atomic E-state index is 0.0381. The molecule has 1 unspecified atom stereocenters. The number of nitrogens with one attached hydrogen (secondary N) is 1. The van der Waals surface area contributed by atoms with Gasteiger partial charge in [0, 0.05) is 57.1 Å². The first kappa shape index (κ1) is 18.4. The van der Waals surface area contributed by atoms with Gasteiger partial charge in [-0.15, -0.1) is 0 Å². The van der Waals surface area contributed by atoms with E-state index in [1.165, 1.54) is 5.56 Å². The van der Waals surface area contributed by atoms with Gasteiger partial charge in [0.2, 0.25) is 0 Å². The second-order valence-electron chi connectivity index (χ2n) is 6.94. The molecule has 26 heavy (non-hydrogen) atoms. The fourth-order valence-electron chi connectivity index (χ4n) is 3.29. The number of amides is 2. The molecule has 0 spiro atoms. The zero-order valence-electron chi connectivity index (χ0n) is 15.5. The molecular weight excluding hydrogens is 324 g/mol. The maximum atomic E-state index is 12.5. The van der Waals surface area contributed by atoms with Crippen LogP contribution in [0.15, 0.2) is 54.7 Å². The Morgan fingerprint density at radius 2 is 1.81 bits per heavy atom. The molecule has 1 aromatic carbocycles. The number of carbonyl (C=O) groups excluding carboxylic acids is 1. The summed E-state index contributed by atoms with van der Waals surface area (Å²) in [6, 6.07) is 16.6. The number of nitrogens with zero attached hydrogens (tertiary/aromatic N) is 3. The number of carbonyl (C=O) groups is 1. The van der Waals surface area contributed by atoms with E-state index in [9.17, 15) is 4.79 Å². The minimum Gasteiger partial charge on any atom is -0.335 e. The van der Waals surface area contributed by atoms with Crippen molar-refractivity contribution in [2.24, 2.45) is 0 Å². The molecule has 0 saturated carbocycles. The van der Waals surface area contributed by atoms with Gasteiger partial charge in [-0.1, -0.05) is 36.4 Å². The molecular formula is C21H28N4O. The molecule has 1 aliphatic rings. The van der Waals surface area contributed by atoms with E-state index in [2.05, 4.69) is 45.5 Å². The molecule has 5 nitrogen and oxygen atoms in total. The van der Waals surface area contributed by atoms with E-state index in [1.54, 1.807) is 6.20 Å².